The highest BCUT2D eigenvalue weighted by molar-refractivity contribution is 7.18. The maximum Gasteiger partial charge on any atom is 0.356 e. The molecule has 224 valence electrons. The van der Waals surface area contributed by atoms with Crippen LogP contribution in [0.1, 0.15) is 56.9 Å². The third-order valence-corrected chi connectivity index (χ3v) is 8.05. The van der Waals surface area contributed by atoms with Crippen LogP contribution >= 0.6 is 22.9 Å². The number of rotatable bonds is 9. The number of aromatic nitrogens is 1. The third-order valence-electron chi connectivity index (χ3n) is 6.61. The van der Waals surface area contributed by atoms with Gasteiger partial charge in [0.1, 0.15) is 15.6 Å². The molecule has 1 unspecified atom stereocenters. The lowest BCUT2D eigenvalue weighted by Crippen LogP contribution is -2.33. The number of nitrogens with one attached hydrogen (secondary N) is 1. The summed E-state index contributed by atoms with van der Waals surface area (Å²) in [6, 6.07) is 13.6. The molecule has 43 heavy (non-hydrogen) atoms. The number of halogens is 1. The van der Waals surface area contributed by atoms with Crippen LogP contribution in [-0.4, -0.2) is 47.7 Å². The van der Waals surface area contributed by atoms with E-state index in [0.717, 1.165) is 11.3 Å². The molecule has 0 saturated carbocycles. The van der Waals surface area contributed by atoms with Gasteiger partial charge in [-0.05, 0) is 62.4 Å². The van der Waals surface area contributed by atoms with Crippen molar-refractivity contribution in [2.24, 2.45) is 7.05 Å². The van der Waals surface area contributed by atoms with Gasteiger partial charge in [0.15, 0.2) is 6.10 Å². The van der Waals surface area contributed by atoms with Crippen LogP contribution in [0.15, 0.2) is 53.3 Å². The zero-order valence-corrected chi connectivity index (χ0v) is 25.7. The number of carbonyl (C=O) groups excluding carboxylic acids is 4. The molecule has 0 aliphatic rings. The molecular weight excluding hydrogens is 596 g/mol. The van der Waals surface area contributed by atoms with E-state index in [4.69, 9.17) is 25.8 Å². The van der Waals surface area contributed by atoms with Crippen LogP contribution < -0.4 is 10.9 Å². The fourth-order valence-corrected chi connectivity index (χ4v) is 5.76. The van der Waals surface area contributed by atoms with Crippen LogP contribution in [0, 0.1) is 6.92 Å². The second-order valence-corrected chi connectivity index (χ2v) is 10.8. The van der Waals surface area contributed by atoms with Gasteiger partial charge in [-0.15, -0.1) is 11.3 Å². The number of anilines is 1. The summed E-state index contributed by atoms with van der Waals surface area (Å²) in [5, 5.41) is 4.04. The Balaban J connectivity index is 1.70. The number of pyridine rings is 1. The Morgan fingerprint density at radius 2 is 1.53 bits per heavy atom. The molecular formula is C31H29ClN2O8S. The number of hydrogen-bond acceptors (Lipinski definition) is 9. The van der Waals surface area contributed by atoms with Crippen molar-refractivity contribution in [3.05, 3.63) is 85.6 Å². The SMILES string of the molecule is CCOC(=O)c1sc(NC(=O)C(C)OC(=O)c2c(-c3ccc(Cl)cc3)c3ccccc3c(=O)n2C)c(C(=O)OCC)c1C. The minimum absolute atomic E-state index is 0.00345. The van der Waals surface area contributed by atoms with E-state index < -0.39 is 35.5 Å². The van der Waals surface area contributed by atoms with Crippen molar-refractivity contribution in [2.45, 2.75) is 33.8 Å². The molecule has 1 atom stereocenters. The summed E-state index contributed by atoms with van der Waals surface area (Å²) in [4.78, 5) is 65.4. The average molecular weight is 625 g/mol. The lowest BCUT2D eigenvalue weighted by molar-refractivity contribution is -0.123. The fourth-order valence-electron chi connectivity index (χ4n) is 4.54. The summed E-state index contributed by atoms with van der Waals surface area (Å²) >= 11 is 6.95. The van der Waals surface area contributed by atoms with Gasteiger partial charge in [0.2, 0.25) is 0 Å². The summed E-state index contributed by atoms with van der Waals surface area (Å²) in [5.74, 6) is -3.07. The smallest absolute Gasteiger partial charge is 0.356 e. The first-order chi connectivity index (χ1) is 20.5. The number of nitrogens with zero attached hydrogens (tertiary/aromatic N) is 1. The average Bonchev–Trinajstić information content (AvgIpc) is 3.30. The van der Waals surface area contributed by atoms with Gasteiger partial charge in [-0.25, -0.2) is 14.4 Å². The normalized spacial score (nSPS) is 11.6. The Kier molecular flexibility index (Phi) is 9.67. The van der Waals surface area contributed by atoms with E-state index in [9.17, 15) is 24.0 Å². The van der Waals surface area contributed by atoms with Crippen molar-refractivity contribution in [3.8, 4) is 11.1 Å². The topological polar surface area (TPSA) is 130 Å². The van der Waals surface area contributed by atoms with Crippen LogP contribution in [0.5, 0.6) is 0 Å². The molecule has 0 radical (unpaired) electrons. The van der Waals surface area contributed by atoms with Gasteiger partial charge < -0.3 is 24.1 Å². The van der Waals surface area contributed by atoms with Gasteiger partial charge in [-0.1, -0.05) is 41.9 Å². The van der Waals surface area contributed by atoms with Gasteiger partial charge in [-0.3, -0.25) is 9.59 Å². The molecule has 12 heteroatoms. The van der Waals surface area contributed by atoms with Crippen LogP contribution in [0.25, 0.3) is 21.9 Å². The fraction of sp³-hybridized carbons (Fsp3) is 0.258. The molecule has 0 saturated heterocycles. The summed E-state index contributed by atoms with van der Waals surface area (Å²) in [6.07, 6.45) is -1.37. The van der Waals surface area contributed by atoms with Gasteiger partial charge in [-0.2, -0.15) is 0 Å². The number of carbonyl (C=O) groups is 4. The van der Waals surface area contributed by atoms with Crippen molar-refractivity contribution in [1.29, 1.82) is 0 Å². The first-order valence-corrected chi connectivity index (χ1v) is 14.6. The Bertz CT molecular complexity index is 1790. The molecule has 0 aliphatic heterocycles. The molecule has 2 heterocycles. The van der Waals surface area contributed by atoms with Crippen molar-refractivity contribution in [2.75, 3.05) is 18.5 Å². The zero-order valence-electron chi connectivity index (χ0n) is 24.1. The number of thiophene rings is 1. The molecule has 0 bridgehead atoms. The van der Waals surface area contributed by atoms with Crippen LogP contribution in [-0.2, 0) is 26.1 Å². The zero-order chi connectivity index (χ0) is 31.4. The van der Waals surface area contributed by atoms with Crippen molar-refractivity contribution < 1.29 is 33.4 Å². The van der Waals surface area contributed by atoms with Gasteiger partial charge in [0, 0.05) is 23.0 Å². The van der Waals surface area contributed by atoms with Gasteiger partial charge >= 0.3 is 17.9 Å². The van der Waals surface area contributed by atoms with E-state index in [1.165, 1.54) is 18.5 Å². The lowest BCUT2D eigenvalue weighted by atomic mass is 9.96. The van der Waals surface area contributed by atoms with E-state index >= 15 is 0 Å². The minimum atomic E-state index is -1.37. The molecule has 0 spiro atoms. The third kappa shape index (κ3) is 6.32. The number of benzene rings is 2. The highest BCUT2D eigenvalue weighted by Gasteiger charge is 2.30. The molecule has 2 aromatic heterocycles. The minimum Gasteiger partial charge on any atom is -0.462 e. The Hall–Kier alpha value is -4.48. The van der Waals surface area contributed by atoms with Crippen molar-refractivity contribution in [1.82, 2.24) is 4.57 Å². The first-order valence-electron chi connectivity index (χ1n) is 13.4. The Morgan fingerprint density at radius 3 is 2.16 bits per heavy atom. The maximum absolute atomic E-state index is 13.6. The quantitative estimate of drug-likeness (QED) is 0.184. The molecule has 10 nitrogen and oxygen atoms in total. The predicted octanol–water partition coefficient (Wildman–Crippen LogP) is 5.77. The number of amides is 1. The molecule has 4 aromatic rings. The van der Waals surface area contributed by atoms with Crippen molar-refractivity contribution >= 4 is 62.5 Å². The van der Waals surface area contributed by atoms with E-state index in [0.29, 0.717) is 32.5 Å². The highest BCUT2D eigenvalue weighted by Crippen LogP contribution is 2.35. The highest BCUT2D eigenvalue weighted by atomic mass is 35.5. The molecule has 1 N–H and O–H groups in total. The number of esters is 3. The molecule has 4 rings (SSSR count). The molecule has 0 fully saturated rings. The summed E-state index contributed by atoms with van der Waals surface area (Å²) in [5.41, 5.74) is 0.861. The summed E-state index contributed by atoms with van der Waals surface area (Å²) < 4.78 is 17.0. The number of fused-ring (bicyclic) bond motifs is 1. The molecule has 0 aliphatic carbocycles. The number of hydrogen-bond donors (Lipinski definition) is 1. The lowest BCUT2D eigenvalue weighted by Gasteiger charge is -2.19. The van der Waals surface area contributed by atoms with Gasteiger partial charge in [0.05, 0.1) is 18.8 Å². The second-order valence-electron chi connectivity index (χ2n) is 9.38. The van der Waals surface area contributed by atoms with Gasteiger partial charge in [0.25, 0.3) is 11.5 Å². The van der Waals surface area contributed by atoms with E-state index in [2.05, 4.69) is 5.32 Å². The molecule has 1 amide bonds. The number of ether oxygens (including phenoxy) is 3. The summed E-state index contributed by atoms with van der Waals surface area (Å²) in [6.45, 7) is 6.37. The second kappa shape index (κ2) is 13.2. The van der Waals surface area contributed by atoms with Crippen molar-refractivity contribution in [3.63, 3.8) is 0 Å². The Labute approximate surface area is 256 Å². The van der Waals surface area contributed by atoms with E-state index in [1.807, 2.05) is 0 Å². The summed E-state index contributed by atoms with van der Waals surface area (Å²) in [7, 11) is 1.45. The van der Waals surface area contributed by atoms with E-state index in [-0.39, 0.29) is 34.3 Å². The van der Waals surface area contributed by atoms with Crippen LogP contribution in [0.2, 0.25) is 5.02 Å². The predicted molar refractivity (Wildman–Crippen MR) is 164 cm³/mol. The standard InChI is InChI=1S/C31H29ClN2O8S/c1-6-40-29(37)22-16(3)25(31(39)41-7-2)43-27(22)33-26(35)17(4)42-30(38)24-23(18-12-14-19(32)15-13-18)20-10-8-9-11-21(20)28(36)34(24)5/h8-15,17H,6-7H2,1-5H3,(H,33,35). The maximum atomic E-state index is 13.6. The first kappa shape index (κ1) is 31.5. The molecule has 2 aromatic carbocycles. The van der Waals surface area contributed by atoms with Crippen LogP contribution in [0.4, 0.5) is 5.00 Å². The Morgan fingerprint density at radius 1 is 0.930 bits per heavy atom. The van der Waals surface area contributed by atoms with Crippen LogP contribution in [0.3, 0.4) is 0 Å². The monoisotopic (exact) mass is 624 g/mol. The largest absolute Gasteiger partial charge is 0.462 e. The van der Waals surface area contributed by atoms with E-state index in [1.54, 1.807) is 69.3 Å².